The van der Waals surface area contributed by atoms with Gasteiger partial charge in [0.25, 0.3) is 5.91 Å². The fourth-order valence-electron chi connectivity index (χ4n) is 3.63. The summed E-state index contributed by atoms with van der Waals surface area (Å²) < 4.78 is 41.2. The summed E-state index contributed by atoms with van der Waals surface area (Å²) in [5, 5.41) is 4.35. The van der Waals surface area contributed by atoms with Crippen LogP contribution in [0.25, 0.3) is 17.0 Å². The van der Waals surface area contributed by atoms with Crippen molar-refractivity contribution in [2.75, 3.05) is 11.9 Å². The molecule has 2 fully saturated rings. The molecule has 1 N–H and O–H groups in total. The van der Waals surface area contributed by atoms with E-state index in [0.29, 0.717) is 29.3 Å². The Bertz CT molecular complexity index is 1170. The minimum absolute atomic E-state index is 0.00364. The molecule has 0 aromatic carbocycles. The number of likely N-dealkylation sites (tertiary alicyclic amines) is 1. The lowest BCUT2D eigenvalue weighted by atomic mass is 10.2. The van der Waals surface area contributed by atoms with Crippen LogP contribution in [-0.2, 0) is 4.79 Å². The first kappa shape index (κ1) is 19.9. The fraction of sp³-hybridized carbons (Fsp3) is 0.421. The number of rotatable bonds is 4. The molecule has 162 valence electrons. The number of hydrogen-bond acceptors (Lipinski definition) is 6. The van der Waals surface area contributed by atoms with E-state index in [4.69, 9.17) is 0 Å². The molecule has 8 nitrogen and oxygen atoms in total. The van der Waals surface area contributed by atoms with Gasteiger partial charge >= 0.3 is 6.18 Å². The number of fused-ring (bicyclic) bond motifs is 1. The highest BCUT2D eigenvalue weighted by Gasteiger charge is 2.48. The summed E-state index contributed by atoms with van der Waals surface area (Å²) in [5.41, 5.74) is 1.34. The number of aromatic nitrogens is 4. The highest BCUT2D eigenvalue weighted by Crippen LogP contribution is 2.34. The van der Waals surface area contributed by atoms with E-state index in [9.17, 15) is 22.8 Å². The van der Waals surface area contributed by atoms with Crippen molar-refractivity contribution < 1.29 is 22.8 Å². The minimum Gasteiger partial charge on any atom is -0.324 e. The Hall–Kier alpha value is -3.02. The van der Waals surface area contributed by atoms with Crippen molar-refractivity contribution in [1.82, 2.24) is 24.3 Å². The quantitative estimate of drug-likeness (QED) is 0.658. The van der Waals surface area contributed by atoms with E-state index in [1.807, 2.05) is 0 Å². The van der Waals surface area contributed by atoms with Crippen molar-refractivity contribution in [3.05, 3.63) is 29.0 Å². The average molecular weight is 450 g/mol. The van der Waals surface area contributed by atoms with Gasteiger partial charge in [-0.15, -0.1) is 11.3 Å². The standard InChI is InChI=1S/C19H17F3N6O2S/c20-19(21,22)13-2-1-5-28(13)18(30)17-24-12(9-31-17)11-7-27-8-14(25-15(27)6-23-11)26-16(29)10-3-4-10/h6-10,13H,1-5H2,(H,26,29)/t13-/m0/s1. The fourth-order valence-corrected chi connectivity index (χ4v) is 4.39. The Kier molecular flexibility index (Phi) is 4.68. The SMILES string of the molecule is O=C(Nc1cn2cc(-c3csc(C(=O)N4CCC[C@H]4C(F)(F)F)n3)ncc2n1)C1CC1. The summed E-state index contributed by atoms with van der Waals surface area (Å²) in [6.45, 7) is 0.0620. The average Bonchev–Trinajstić information content (AvgIpc) is 3.13. The lowest BCUT2D eigenvalue weighted by Gasteiger charge is -2.25. The van der Waals surface area contributed by atoms with E-state index >= 15 is 0 Å². The van der Waals surface area contributed by atoms with Crippen molar-refractivity contribution in [1.29, 1.82) is 0 Å². The van der Waals surface area contributed by atoms with Gasteiger partial charge in [-0.25, -0.2) is 15.0 Å². The smallest absolute Gasteiger partial charge is 0.324 e. The predicted molar refractivity (Wildman–Crippen MR) is 106 cm³/mol. The molecule has 1 saturated carbocycles. The number of amides is 2. The predicted octanol–water partition coefficient (Wildman–Crippen LogP) is 3.37. The zero-order valence-corrected chi connectivity index (χ0v) is 16.9. The monoisotopic (exact) mass is 450 g/mol. The number of hydrogen-bond donors (Lipinski definition) is 1. The first-order chi connectivity index (χ1) is 14.8. The first-order valence-corrected chi connectivity index (χ1v) is 10.7. The number of imidazole rings is 1. The Morgan fingerprint density at radius 1 is 1.13 bits per heavy atom. The topological polar surface area (TPSA) is 92.5 Å². The zero-order chi connectivity index (χ0) is 21.8. The molecular formula is C19H17F3N6O2S. The van der Waals surface area contributed by atoms with Crippen LogP contribution in [0, 0.1) is 5.92 Å². The Labute approximate surface area is 178 Å². The third-order valence-corrected chi connectivity index (χ3v) is 6.21. The molecule has 1 aliphatic heterocycles. The number of halogens is 3. The third kappa shape index (κ3) is 3.87. The van der Waals surface area contributed by atoms with Gasteiger partial charge in [0, 0.05) is 24.0 Å². The lowest BCUT2D eigenvalue weighted by molar-refractivity contribution is -0.169. The summed E-state index contributed by atoms with van der Waals surface area (Å²) in [5.74, 6) is -0.308. The van der Waals surface area contributed by atoms with Gasteiger partial charge in [0.05, 0.1) is 12.4 Å². The molecule has 0 radical (unpaired) electrons. The molecule has 2 amide bonds. The number of alkyl halides is 3. The van der Waals surface area contributed by atoms with Crippen molar-refractivity contribution in [2.45, 2.75) is 37.9 Å². The van der Waals surface area contributed by atoms with Crippen LogP contribution in [0.1, 0.15) is 35.5 Å². The lowest BCUT2D eigenvalue weighted by Crippen LogP contribution is -2.44. The van der Waals surface area contributed by atoms with E-state index in [-0.39, 0.29) is 29.8 Å². The van der Waals surface area contributed by atoms with Gasteiger partial charge in [0.2, 0.25) is 5.91 Å². The van der Waals surface area contributed by atoms with Gasteiger partial charge in [-0.2, -0.15) is 13.2 Å². The van der Waals surface area contributed by atoms with E-state index in [0.717, 1.165) is 29.1 Å². The van der Waals surface area contributed by atoms with Gasteiger partial charge in [0.15, 0.2) is 16.5 Å². The second-order valence-corrected chi connectivity index (χ2v) is 8.52. The van der Waals surface area contributed by atoms with Crippen LogP contribution in [0.3, 0.4) is 0 Å². The molecule has 12 heteroatoms. The van der Waals surface area contributed by atoms with Crippen LogP contribution in [0.2, 0.25) is 0 Å². The second-order valence-electron chi connectivity index (χ2n) is 7.66. The van der Waals surface area contributed by atoms with Gasteiger partial charge in [-0.1, -0.05) is 0 Å². The number of nitrogens with one attached hydrogen (secondary N) is 1. The number of carbonyl (C=O) groups is 2. The molecule has 0 unspecified atom stereocenters. The molecule has 0 bridgehead atoms. The van der Waals surface area contributed by atoms with Crippen molar-refractivity contribution in [3.8, 4) is 11.4 Å². The highest BCUT2D eigenvalue weighted by molar-refractivity contribution is 7.12. The molecule has 3 aromatic heterocycles. The molecule has 1 atom stereocenters. The number of nitrogens with zero attached hydrogens (tertiary/aromatic N) is 5. The van der Waals surface area contributed by atoms with Gasteiger partial charge in [-0.3, -0.25) is 9.59 Å². The Morgan fingerprint density at radius 2 is 1.94 bits per heavy atom. The molecule has 5 rings (SSSR count). The maximum atomic E-state index is 13.2. The summed E-state index contributed by atoms with van der Waals surface area (Å²) in [4.78, 5) is 38.2. The molecule has 3 aromatic rings. The maximum absolute atomic E-state index is 13.2. The Balaban J connectivity index is 1.36. The molecular weight excluding hydrogens is 433 g/mol. The summed E-state index contributed by atoms with van der Waals surface area (Å²) in [7, 11) is 0. The molecule has 4 heterocycles. The number of thiazole rings is 1. The van der Waals surface area contributed by atoms with Crippen LogP contribution in [0.15, 0.2) is 24.0 Å². The van der Waals surface area contributed by atoms with E-state index in [1.165, 1.54) is 6.20 Å². The Morgan fingerprint density at radius 3 is 2.68 bits per heavy atom. The molecule has 1 aliphatic carbocycles. The van der Waals surface area contributed by atoms with Crippen molar-refractivity contribution in [3.63, 3.8) is 0 Å². The second kappa shape index (κ2) is 7.29. The summed E-state index contributed by atoms with van der Waals surface area (Å²) >= 11 is 0.990. The van der Waals surface area contributed by atoms with Crippen LogP contribution in [-0.4, -0.2) is 54.8 Å². The van der Waals surface area contributed by atoms with Crippen LogP contribution in [0.4, 0.5) is 19.0 Å². The van der Waals surface area contributed by atoms with Gasteiger partial charge in [-0.05, 0) is 25.7 Å². The number of anilines is 1. The first-order valence-electron chi connectivity index (χ1n) is 9.79. The molecule has 1 saturated heterocycles. The van der Waals surface area contributed by atoms with Crippen LogP contribution in [0.5, 0.6) is 0 Å². The van der Waals surface area contributed by atoms with Crippen molar-refractivity contribution >= 4 is 34.6 Å². The number of carbonyl (C=O) groups excluding carboxylic acids is 2. The highest BCUT2D eigenvalue weighted by atomic mass is 32.1. The van der Waals surface area contributed by atoms with Gasteiger partial charge < -0.3 is 14.6 Å². The zero-order valence-electron chi connectivity index (χ0n) is 16.1. The van der Waals surface area contributed by atoms with Crippen LogP contribution < -0.4 is 5.32 Å². The van der Waals surface area contributed by atoms with Crippen LogP contribution >= 0.6 is 11.3 Å². The molecule has 31 heavy (non-hydrogen) atoms. The van der Waals surface area contributed by atoms with E-state index < -0.39 is 18.1 Å². The minimum atomic E-state index is -4.45. The van der Waals surface area contributed by atoms with E-state index in [1.54, 1.807) is 22.2 Å². The summed E-state index contributed by atoms with van der Waals surface area (Å²) in [6.07, 6.45) is 2.34. The van der Waals surface area contributed by atoms with Crippen molar-refractivity contribution in [2.24, 2.45) is 5.92 Å². The third-order valence-electron chi connectivity index (χ3n) is 5.38. The summed E-state index contributed by atoms with van der Waals surface area (Å²) in [6, 6.07) is -1.77. The molecule has 2 aliphatic rings. The van der Waals surface area contributed by atoms with E-state index in [2.05, 4.69) is 20.3 Å². The van der Waals surface area contributed by atoms with Gasteiger partial charge in [0.1, 0.15) is 17.4 Å². The maximum Gasteiger partial charge on any atom is 0.408 e. The molecule has 0 spiro atoms. The largest absolute Gasteiger partial charge is 0.408 e. The normalized spacial score (nSPS) is 19.2.